The van der Waals surface area contributed by atoms with Crippen molar-refractivity contribution in [1.29, 1.82) is 0 Å². The van der Waals surface area contributed by atoms with E-state index in [2.05, 4.69) is 10.4 Å². The van der Waals surface area contributed by atoms with Crippen LogP contribution < -0.4 is 10.9 Å². The fourth-order valence-electron chi connectivity index (χ4n) is 1.73. The van der Waals surface area contributed by atoms with Crippen LogP contribution in [0, 0.1) is 0 Å². The van der Waals surface area contributed by atoms with Gasteiger partial charge in [-0.05, 0) is 25.1 Å². The van der Waals surface area contributed by atoms with Crippen LogP contribution in [0.1, 0.15) is 17.4 Å². The number of ether oxygens (including phenoxy) is 1. The van der Waals surface area contributed by atoms with Crippen molar-refractivity contribution in [2.75, 3.05) is 11.9 Å². The third kappa shape index (κ3) is 4.02. The molecule has 0 radical (unpaired) electrons. The van der Waals surface area contributed by atoms with Crippen molar-refractivity contribution in [1.82, 2.24) is 9.78 Å². The number of nitrogens with zero attached hydrogens (tertiary/aromatic N) is 2. The molecular formula is C15H15N3O4. The second kappa shape index (κ2) is 7.16. The smallest absolute Gasteiger partial charge is 0.327 e. The molecule has 2 rings (SSSR count). The summed E-state index contributed by atoms with van der Waals surface area (Å²) in [5, 5.41) is 6.53. The maximum atomic E-state index is 12.1. The van der Waals surface area contributed by atoms with Crippen molar-refractivity contribution in [2.45, 2.75) is 13.5 Å². The van der Waals surface area contributed by atoms with E-state index in [4.69, 9.17) is 4.74 Å². The zero-order chi connectivity index (χ0) is 15.9. The van der Waals surface area contributed by atoms with Crippen LogP contribution in [0.2, 0.25) is 0 Å². The lowest BCUT2D eigenvalue weighted by Gasteiger charge is -2.07. The van der Waals surface area contributed by atoms with E-state index < -0.39 is 17.4 Å². The van der Waals surface area contributed by atoms with Gasteiger partial charge in [-0.3, -0.25) is 14.4 Å². The van der Waals surface area contributed by atoms with Crippen molar-refractivity contribution in [2.24, 2.45) is 0 Å². The molecule has 0 bridgehead atoms. The minimum absolute atomic E-state index is 0.0350. The molecule has 0 aliphatic heterocycles. The Morgan fingerprint density at radius 3 is 2.59 bits per heavy atom. The van der Waals surface area contributed by atoms with Crippen molar-refractivity contribution >= 4 is 17.6 Å². The number of amides is 1. The summed E-state index contributed by atoms with van der Waals surface area (Å²) in [4.78, 5) is 35.2. The molecule has 0 spiro atoms. The zero-order valence-electron chi connectivity index (χ0n) is 12.0. The van der Waals surface area contributed by atoms with Crippen molar-refractivity contribution in [3.05, 3.63) is 58.5 Å². The molecule has 0 fully saturated rings. The summed E-state index contributed by atoms with van der Waals surface area (Å²) in [5.41, 5.74) is 0.162. The van der Waals surface area contributed by atoms with Crippen molar-refractivity contribution in [3.63, 3.8) is 0 Å². The van der Waals surface area contributed by atoms with Gasteiger partial charge in [0, 0.05) is 11.8 Å². The lowest BCUT2D eigenvalue weighted by Crippen LogP contribution is -2.29. The third-order valence-electron chi connectivity index (χ3n) is 2.72. The first-order valence-corrected chi connectivity index (χ1v) is 6.70. The molecular weight excluding hydrogens is 286 g/mol. The fraction of sp³-hybridized carbons (Fsp3) is 0.200. The Labute approximate surface area is 126 Å². The highest BCUT2D eigenvalue weighted by Crippen LogP contribution is 2.06. The van der Waals surface area contributed by atoms with Crippen molar-refractivity contribution in [3.8, 4) is 0 Å². The van der Waals surface area contributed by atoms with E-state index in [0.29, 0.717) is 5.69 Å². The summed E-state index contributed by atoms with van der Waals surface area (Å²) in [6.07, 6.45) is 0. The molecule has 0 aliphatic rings. The molecule has 22 heavy (non-hydrogen) atoms. The average molecular weight is 301 g/mol. The Morgan fingerprint density at radius 2 is 1.91 bits per heavy atom. The molecule has 0 aliphatic carbocycles. The summed E-state index contributed by atoms with van der Waals surface area (Å²) in [7, 11) is 0. The van der Waals surface area contributed by atoms with Gasteiger partial charge in [0.2, 0.25) is 0 Å². The molecule has 114 valence electrons. The summed E-state index contributed by atoms with van der Waals surface area (Å²) < 4.78 is 5.66. The number of nitrogens with one attached hydrogen (secondary N) is 1. The number of rotatable bonds is 5. The van der Waals surface area contributed by atoms with Gasteiger partial charge in [0.1, 0.15) is 12.2 Å². The number of hydrogen-bond donors (Lipinski definition) is 1. The highest BCUT2D eigenvalue weighted by Gasteiger charge is 2.12. The van der Waals surface area contributed by atoms with Gasteiger partial charge >= 0.3 is 5.97 Å². The van der Waals surface area contributed by atoms with Crippen molar-refractivity contribution < 1.29 is 14.3 Å². The molecule has 0 saturated heterocycles. The van der Waals surface area contributed by atoms with Gasteiger partial charge < -0.3 is 10.1 Å². The van der Waals surface area contributed by atoms with Gasteiger partial charge in [-0.1, -0.05) is 18.2 Å². The molecule has 7 heteroatoms. The van der Waals surface area contributed by atoms with E-state index in [1.807, 2.05) is 6.07 Å². The lowest BCUT2D eigenvalue weighted by atomic mass is 10.3. The summed E-state index contributed by atoms with van der Waals surface area (Å²) >= 11 is 0. The Balaban J connectivity index is 2.16. The standard InChI is InChI=1S/C15H15N3O4/c1-2-22-14(20)10-18-13(19)9-8-12(17-18)15(21)16-11-6-4-3-5-7-11/h3-9H,2,10H2,1H3,(H,16,21). The minimum atomic E-state index is -0.585. The number of anilines is 1. The number of esters is 1. The van der Waals surface area contributed by atoms with Gasteiger partial charge in [-0.2, -0.15) is 5.10 Å². The molecule has 1 aromatic carbocycles. The van der Waals surface area contributed by atoms with Crippen LogP contribution in [-0.2, 0) is 16.1 Å². The average Bonchev–Trinajstić information content (AvgIpc) is 2.50. The molecule has 1 aromatic heterocycles. The van der Waals surface area contributed by atoms with Crippen LogP contribution in [-0.4, -0.2) is 28.3 Å². The van der Waals surface area contributed by atoms with Crippen LogP contribution in [0.4, 0.5) is 5.69 Å². The lowest BCUT2D eigenvalue weighted by molar-refractivity contribution is -0.144. The maximum Gasteiger partial charge on any atom is 0.327 e. The maximum absolute atomic E-state index is 12.1. The third-order valence-corrected chi connectivity index (χ3v) is 2.72. The number of benzene rings is 1. The van der Waals surface area contributed by atoms with E-state index in [0.717, 1.165) is 4.68 Å². The Kier molecular flexibility index (Phi) is 5.02. The molecule has 7 nitrogen and oxygen atoms in total. The number of hydrogen-bond acceptors (Lipinski definition) is 5. The van der Waals surface area contributed by atoms with Gasteiger partial charge in [-0.15, -0.1) is 0 Å². The highest BCUT2D eigenvalue weighted by molar-refractivity contribution is 6.02. The van der Waals surface area contributed by atoms with Crippen LogP contribution in [0.5, 0.6) is 0 Å². The summed E-state index contributed by atoms with van der Waals surface area (Å²) in [6.45, 7) is 1.54. The van der Waals surface area contributed by atoms with Crippen LogP contribution in [0.3, 0.4) is 0 Å². The van der Waals surface area contributed by atoms with Gasteiger partial charge in [-0.25, -0.2) is 4.68 Å². The van der Waals surface area contributed by atoms with E-state index in [9.17, 15) is 14.4 Å². The monoisotopic (exact) mass is 301 g/mol. The predicted molar refractivity (Wildman–Crippen MR) is 79.5 cm³/mol. The second-order valence-electron chi connectivity index (χ2n) is 4.34. The largest absolute Gasteiger partial charge is 0.465 e. The number of carbonyl (C=O) groups is 2. The van der Waals surface area contributed by atoms with Gasteiger partial charge in [0.25, 0.3) is 11.5 Å². The molecule has 0 unspecified atom stereocenters. The van der Waals surface area contributed by atoms with E-state index in [-0.39, 0.29) is 18.8 Å². The molecule has 1 N–H and O–H groups in total. The van der Waals surface area contributed by atoms with Gasteiger partial charge in [0.15, 0.2) is 0 Å². The first kappa shape index (κ1) is 15.4. The Morgan fingerprint density at radius 1 is 1.18 bits per heavy atom. The second-order valence-corrected chi connectivity index (χ2v) is 4.34. The van der Waals surface area contributed by atoms with Crippen LogP contribution >= 0.6 is 0 Å². The predicted octanol–water partition coefficient (Wildman–Crippen LogP) is 1.06. The Hall–Kier alpha value is -2.96. The first-order valence-electron chi connectivity index (χ1n) is 6.70. The highest BCUT2D eigenvalue weighted by atomic mass is 16.5. The quantitative estimate of drug-likeness (QED) is 0.834. The first-order chi connectivity index (χ1) is 10.6. The van der Waals surface area contributed by atoms with Crippen LogP contribution in [0.15, 0.2) is 47.3 Å². The zero-order valence-corrected chi connectivity index (χ0v) is 12.0. The molecule has 1 heterocycles. The van der Waals surface area contributed by atoms with Crippen LogP contribution in [0.25, 0.3) is 0 Å². The SMILES string of the molecule is CCOC(=O)Cn1nc(C(=O)Nc2ccccc2)ccc1=O. The molecule has 1 amide bonds. The molecule has 0 atom stereocenters. The van der Waals surface area contributed by atoms with Gasteiger partial charge in [0.05, 0.1) is 6.61 Å². The Bertz CT molecular complexity index is 725. The topological polar surface area (TPSA) is 90.3 Å². The van der Waals surface area contributed by atoms with E-state index in [1.54, 1.807) is 31.2 Å². The fourth-order valence-corrected chi connectivity index (χ4v) is 1.73. The number of carbonyl (C=O) groups excluding carboxylic acids is 2. The van der Waals surface area contributed by atoms with E-state index in [1.165, 1.54) is 12.1 Å². The molecule has 0 saturated carbocycles. The minimum Gasteiger partial charge on any atom is -0.465 e. The number of aromatic nitrogens is 2. The normalized spacial score (nSPS) is 10.0. The summed E-state index contributed by atoms with van der Waals surface area (Å²) in [5.74, 6) is -1.05. The van der Waals surface area contributed by atoms with E-state index >= 15 is 0 Å². The number of para-hydroxylation sites is 1. The molecule has 2 aromatic rings. The summed E-state index contributed by atoms with van der Waals surface area (Å²) in [6, 6.07) is 11.3.